The first-order valence-electron chi connectivity index (χ1n) is 5.45. The monoisotopic (exact) mass is 261 g/mol. The van der Waals surface area contributed by atoms with Crippen LogP contribution in [0.3, 0.4) is 0 Å². The number of hydrogen-bond acceptors (Lipinski definition) is 1. The van der Waals surface area contributed by atoms with Crippen molar-refractivity contribution < 1.29 is 4.39 Å². The second-order valence-electron chi connectivity index (χ2n) is 4.10. The normalized spacial score (nSPS) is 19.9. The molecule has 1 atom stereocenters. The number of alkyl halides is 3. The number of rotatable bonds is 3. The Bertz CT molecular complexity index is 331. The highest BCUT2D eigenvalue weighted by Gasteiger charge is 2.41. The van der Waals surface area contributed by atoms with Crippen molar-refractivity contribution in [2.45, 2.75) is 23.5 Å². The fourth-order valence-electron chi connectivity index (χ4n) is 2.24. The summed E-state index contributed by atoms with van der Waals surface area (Å²) >= 11 is 11.3. The van der Waals surface area contributed by atoms with E-state index in [4.69, 9.17) is 23.2 Å². The molecular weight excluding hydrogens is 248 g/mol. The molecule has 88 valence electrons. The van der Waals surface area contributed by atoms with Crippen LogP contribution in [0.1, 0.15) is 24.4 Å². The van der Waals surface area contributed by atoms with Gasteiger partial charge in [-0.05, 0) is 31.5 Å². The molecule has 1 nitrogen and oxygen atoms in total. The van der Waals surface area contributed by atoms with Gasteiger partial charge in [-0.15, -0.1) is 0 Å². The summed E-state index contributed by atoms with van der Waals surface area (Å²) in [4.78, 5) is 2.01. The zero-order valence-corrected chi connectivity index (χ0v) is 10.4. The summed E-state index contributed by atoms with van der Waals surface area (Å²) < 4.78 is 11.6. The van der Waals surface area contributed by atoms with Crippen molar-refractivity contribution in [3.05, 3.63) is 35.9 Å². The SMILES string of the molecule is FC(Cl)(Cl)C(c1ccccc1)N1CCCC1. The largest absolute Gasteiger partial charge is 0.291 e. The fourth-order valence-corrected chi connectivity index (χ4v) is 2.77. The van der Waals surface area contributed by atoms with Crippen LogP contribution in [0.25, 0.3) is 0 Å². The lowest BCUT2D eigenvalue weighted by Crippen LogP contribution is -2.35. The van der Waals surface area contributed by atoms with Crippen LogP contribution >= 0.6 is 23.2 Å². The van der Waals surface area contributed by atoms with E-state index in [0.717, 1.165) is 31.5 Å². The van der Waals surface area contributed by atoms with Crippen LogP contribution in [0.5, 0.6) is 0 Å². The van der Waals surface area contributed by atoms with Gasteiger partial charge in [0.25, 0.3) is 4.59 Å². The Balaban J connectivity index is 2.28. The van der Waals surface area contributed by atoms with E-state index in [9.17, 15) is 4.39 Å². The first kappa shape index (κ1) is 12.2. The van der Waals surface area contributed by atoms with Gasteiger partial charge in [-0.25, -0.2) is 4.39 Å². The van der Waals surface area contributed by atoms with Crippen molar-refractivity contribution >= 4 is 23.2 Å². The molecular formula is C12H14Cl2FN. The summed E-state index contributed by atoms with van der Waals surface area (Å²) in [6.07, 6.45) is 2.15. The molecule has 0 aliphatic carbocycles. The van der Waals surface area contributed by atoms with E-state index < -0.39 is 10.6 Å². The molecule has 0 aromatic heterocycles. The first-order valence-corrected chi connectivity index (χ1v) is 6.20. The fraction of sp³-hybridized carbons (Fsp3) is 0.500. The van der Waals surface area contributed by atoms with Crippen molar-refractivity contribution in [2.75, 3.05) is 13.1 Å². The van der Waals surface area contributed by atoms with Crippen LogP contribution in [0.4, 0.5) is 4.39 Å². The van der Waals surface area contributed by atoms with Crippen molar-refractivity contribution in [2.24, 2.45) is 0 Å². The average molecular weight is 262 g/mol. The van der Waals surface area contributed by atoms with E-state index >= 15 is 0 Å². The summed E-state index contributed by atoms with van der Waals surface area (Å²) in [5.41, 5.74) is 0.830. The molecule has 1 heterocycles. The predicted octanol–water partition coefficient (Wildman–Crippen LogP) is 3.92. The number of benzene rings is 1. The molecule has 16 heavy (non-hydrogen) atoms. The van der Waals surface area contributed by atoms with Crippen molar-refractivity contribution in [1.82, 2.24) is 4.90 Å². The van der Waals surface area contributed by atoms with E-state index in [1.807, 2.05) is 35.2 Å². The van der Waals surface area contributed by atoms with Gasteiger partial charge in [0.05, 0.1) is 6.04 Å². The summed E-state index contributed by atoms with van der Waals surface area (Å²) in [6, 6.07) is 8.80. The van der Waals surface area contributed by atoms with Gasteiger partial charge in [-0.1, -0.05) is 53.5 Å². The molecule has 0 bridgehead atoms. The van der Waals surface area contributed by atoms with Gasteiger partial charge >= 0.3 is 0 Å². The summed E-state index contributed by atoms with van der Waals surface area (Å²) in [6.45, 7) is 1.70. The predicted molar refractivity (Wildman–Crippen MR) is 65.5 cm³/mol. The minimum atomic E-state index is -2.24. The highest BCUT2D eigenvalue weighted by atomic mass is 35.5. The third-order valence-corrected chi connectivity index (χ3v) is 3.34. The second kappa shape index (κ2) is 4.91. The standard InChI is InChI=1S/C12H14Cl2FN/c13-12(14,15)11(16-8-4-5-9-16)10-6-2-1-3-7-10/h1-3,6-7,11H,4-5,8-9H2. The molecule has 0 spiro atoms. The van der Waals surface area contributed by atoms with Gasteiger partial charge in [-0.2, -0.15) is 0 Å². The zero-order valence-electron chi connectivity index (χ0n) is 8.87. The molecule has 1 aliphatic heterocycles. The minimum Gasteiger partial charge on any atom is -0.291 e. The zero-order chi connectivity index (χ0) is 11.6. The maximum Gasteiger partial charge on any atom is 0.276 e. The van der Waals surface area contributed by atoms with E-state index in [-0.39, 0.29) is 0 Å². The molecule has 1 unspecified atom stereocenters. The molecule has 1 aromatic carbocycles. The van der Waals surface area contributed by atoms with E-state index in [1.165, 1.54) is 0 Å². The van der Waals surface area contributed by atoms with Crippen molar-refractivity contribution in [1.29, 1.82) is 0 Å². The third kappa shape index (κ3) is 2.68. The molecule has 0 N–H and O–H groups in total. The Labute approximate surface area is 105 Å². The van der Waals surface area contributed by atoms with Gasteiger partial charge < -0.3 is 0 Å². The first-order chi connectivity index (χ1) is 7.59. The highest BCUT2D eigenvalue weighted by molar-refractivity contribution is 6.47. The average Bonchev–Trinajstić information content (AvgIpc) is 2.71. The summed E-state index contributed by atoms with van der Waals surface area (Å²) in [5, 5.41) is 0. The smallest absolute Gasteiger partial charge is 0.276 e. The molecule has 0 radical (unpaired) electrons. The second-order valence-corrected chi connectivity index (χ2v) is 5.39. The Morgan fingerprint density at radius 3 is 2.19 bits per heavy atom. The van der Waals surface area contributed by atoms with Crippen LogP contribution in [0.2, 0.25) is 0 Å². The van der Waals surface area contributed by atoms with Crippen molar-refractivity contribution in [3.63, 3.8) is 0 Å². The van der Waals surface area contributed by atoms with Gasteiger partial charge in [-0.3, -0.25) is 4.90 Å². The molecule has 0 amide bonds. The van der Waals surface area contributed by atoms with Gasteiger partial charge in [0.15, 0.2) is 0 Å². The molecule has 2 rings (SSSR count). The molecule has 4 heteroatoms. The number of hydrogen-bond donors (Lipinski definition) is 0. The molecule has 1 fully saturated rings. The van der Waals surface area contributed by atoms with Crippen LogP contribution in [-0.4, -0.2) is 22.6 Å². The van der Waals surface area contributed by atoms with Crippen LogP contribution in [0, 0.1) is 0 Å². The molecule has 1 saturated heterocycles. The van der Waals surface area contributed by atoms with Gasteiger partial charge in [0.2, 0.25) is 0 Å². The topological polar surface area (TPSA) is 3.24 Å². The summed E-state index contributed by atoms with van der Waals surface area (Å²) in [7, 11) is 0. The van der Waals surface area contributed by atoms with E-state index in [0.29, 0.717) is 0 Å². The Morgan fingerprint density at radius 2 is 1.69 bits per heavy atom. The lowest BCUT2D eigenvalue weighted by molar-refractivity contribution is 0.157. The van der Waals surface area contributed by atoms with Gasteiger partial charge in [0, 0.05) is 0 Å². The Hall–Kier alpha value is -0.310. The number of nitrogens with zero attached hydrogens (tertiary/aromatic N) is 1. The minimum absolute atomic E-state index is 0.570. The number of halogens is 3. The molecule has 1 aliphatic rings. The van der Waals surface area contributed by atoms with Gasteiger partial charge in [0.1, 0.15) is 0 Å². The summed E-state index contributed by atoms with van der Waals surface area (Å²) in [5.74, 6) is 0. The third-order valence-electron chi connectivity index (χ3n) is 2.93. The van der Waals surface area contributed by atoms with Crippen LogP contribution in [-0.2, 0) is 0 Å². The lowest BCUT2D eigenvalue weighted by Gasteiger charge is -2.32. The Morgan fingerprint density at radius 1 is 1.12 bits per heavy atom. The lowest BCUT2D eigenvalue weighted by atomic mass is 10.1. The Kier molecular flexibility index (Phi) is 3.73. The van der Waals surface area contributed by atoms with E-state index in [2.05, 4.69) is 0 Å². The molecule has 1 aromatic rings. The van der Waals surface area contributed by atoms with E-state index in [1.54, 1.807) is 0 Å². The van der Waals surface area contributed by atoms with Crippen LogP contribution < -0.4 is 0 Å². The maximum atomic E-state index is 13.9. The molecule has 0 saturated carbocycles. The van der Waals surface area contributed by atoms with Crippen molar-refractivity contribution in [3.8, 4) is 0 Å². The maximum absolute atomic E-state index is 13.9. The van der Waals surface area contributed by atoms with Crippen LogP contribution in [0.15, 0.2) is 30.3 Å². The highest BCUT2D eigenvalue weighted by Crippen LogP contribution is 2.42. The quantitative estimate of drug-likeness (QED) is 0.746. The number of likely N-dealkylation sites (tertiary alicyclic amines) is 1.